The van der Waals surface area contributed by atoms with E-state index in [2.05, 4.69) is 20.5 Å². The molecule has 8 nitrogen and oxygen atoms in total. The number of pyridine rings is 1. The van der Waals surface area contributed by atoms with Crippen molar-refractivity contribution in [3.8, 4) is 0 Å². The molecule has 41 heavy (non-hydrogen) atoms. The van der Waals surface area contributed by atoms with Gasteiger partial charge in [-0.1, -0.05) is 6.07 Å². The van der Waals surface area contributed by atoms with Crippen LogP contribution in [0.25, 0.3) is 10.9 Å². The smallest absolute Gasteiger partial charge is 0.386 e. The molecule has 2 fully saturated rings. The number of nitrogens with zero attached hydrogens (tertiary/aromatic N) is 4. The molecule has 0 radical (unpaired) electrons. The number of likely N-dealkylation sites (tertiary alicyclic amines) is 1. The summed E-state index contributed by atoms with van der Waals surface area (Å²) in [5, 5.41) is 22.5. The number of hydrogen-bond acceptors (Lipinski definition) is 6. The molecule has 4 heterocycles. The van der Waals surface area contributed by atoms with Gasteiger partial charge in [0.1, 0.15) is 11.4 Å². The van der Waals surface area contributed by atoms with Crippen molar-refractivity contribution in [3.05, 3.63) is 53.5 Å². The molecule has 2 aliphatic heterocycles. The van der Waals surface area contributed by atoms with Crippen LogP contribution in [0.2, 0.25) is 0 Å². The van der Waals surface area contributed by atoms with Crippen molar-refractivity contribution >= 4 is 22.5 Å². The number of benzene rings is 1. The quantitative estimate of drug-likeness (QED) is 0.337. The van der Waals surface area contributed by atoms with Crippen LogP contribution < -0.4 is 10.6 Å². The lowest BCUT2D eigenvalue weighted by atomic mass is 9.93. The summed E-state index contributed by atoms with van der Waals surface area (Å²) in [4.78, 5) is 18.9. The third kappa shape index (κ3) is 7.25. The maximum atomic E-state index is 13.1. The number of alkyl halides is 3. The number of halogens is 3. The summed E-state index contributed by atoms with van der Waals surface area (Å²) in [7, 11) is 0. The number of hydrogen-bond donors (Lipinski definition) is 3. The average Bonchev–Trinajstić information content (AvgIpc) is 3.36. The van der Waals surface area contributed by atoms with Gasteiger partial charge in [0.2, 0.25) is 0 Å². The van der Waals surface area contributed by atoms with Crippen LogP contribution in [0.5, 0.6) is 0 Å². The number of amides is 1. The van der Waals surface area contributed by atoms with E-state index in [4.69, 9.17) is 5.10 Å². The molecule has 5 rings (SSSR count). The van der Waals surface area contributed by atoms with Gasteiger partial charge in [0.15, 0.2) is 0 Å². The largest absolute Gasteiger partial charge is 0.433 e. The first-order valence-corrected chi connectivity index (χ1v) is 14.5. The summed E-state index contributed by atoms with van der Waals surface area (Å²) < 4.78 is 41.3. The van der Waals surface area contributed by atoms with Crippen LogP contribution in [0.4, 0.5) is 18.9 Å². The third-order valence-corrected chi connectivity index (χ3v) is 8.32. The van der Waals surface area contributed by atoms with E-state index >= 15 is 0 Å². The Morgan fingerprint density at radius 3 is 2.54 bits per heavy atom. The first-order valence-electron chi connectivity index (χ1n) is 14.5. The van der Waals surface area contributed by atoms with E-state index in [-0.39, 0.29) is 11.7 Å². The summed E-state index contributed by atoms with van der Waals surface area (Å²) in [6.45, 7) is 8.64. The molecule has 3 aromatic rings. The van der Waals surface area contributed by atoms with E-state index in [1.807, 2.05) is 10.9 Å². The lowest BCUT2D eigenvalue weighted by Crippen LogP contribution is -2.35. The Labute approximate surface area is 238 Å². The van der Waals surface area contributed by atoms with Crippen LogP contribution in [0.1, 0.15) is 80.2 Å². The van der Waals surface area contributed by atoms with E-state index in [0.717, 1.165) is 69.0 Å². The zero-order valence-electron chi connectivity index (χ0n) is 23.7. The molecule has 2 aliphatic rings. The van der Waals surface area contributed by atoms with Crippen LogP contribution in [0.15, 0.2) is 36.5 Å². The standard InChI is InChI=1S/C30H39F3N6O2/c1-29(2,41)23-18-25-21(17-26(23)36-28(40)24-6-3-7-27(35-24)30(31,32)33)19-39(37-25)22-10-15-38(16-11-22)14-4-5-20-8-12-34-13-9-20/h3,6-7,17-20,22,34,41H,4-5,8-16H2,1-2H3,(H,36,40). The van der Waals surface area contributed by atoms with Gasteiger partial charge in [-0.3, -0.25) is 9.48 Å². The second kappa shape index (κ2) is 12.1. The molecule has 3 N–H and O–H groups in total. The highest BCUT2D eigenvalue weighted by molar-refractivity contribution is 6.04. The Kier molecular flexibility index (Phi) is 8.68. The van der Waals surface area contributed by atoms with Crippen LogP contribution >= 0.6 is 0 Å². The molecule has 11 heteroatoms. The van der Waals surface area contributed by atoms with Crippen molar-refractivity contribution in [3.63, 3.8) is 0 Å². The Morgan fingerprint density at radius 1 is 1.12 bits per heavy atom. The predicted octanol–water partition coefficient (Wildman–Crippen LogP) is 5.35. The monoisotopic (exact) mass is 572 g/mol. The summed E-state index contributed by atoms with van der Waals surface area (Å²) >= 11 is 0. The molecule has 0 unspecified atom stereocenters. The number of piperidine rings is 2. The zero-order chi connectivity index (χ0) is 29.2. The van der Waals surface area contributed by atoms with Crippen molar-refractivity contribution in [2.24, 2.45) is 5.92 Å². The molecule has 2 saturated heterocycles. The van der Waals surface area contributed by atoms with Crippen molar-refractivity contribution in [1.82, 2.24) is 25.0 Å². The SMILES string of the molecule is CC(C)(O)c1cc2nn(C3CCN(CCCC4CCNCC4)CC3)cc2cc1NC(=O)c1cccc(C(F)(F)F)n1. The molecule has 1 amide bonds. The van der Waals surface area contributed by atoms with Gasteiger partial charge in [0, 0.05) is 35.9 Å². The summed E-state index contributed by atoms with van der Waals surface area (Å²) in [6.07, 6.45) is 4.39. The number of nitrogens with one attached hydrogen (secondary N) is 2. The fraction of sp³-hybridized carbons (Fsp3) is 0.567. The number of anilines is 1. The van der Waals surface area contributed by atoms with Gasteiger partial charge in [-0.15, -0.1) is 0 Å². The number of aliphatic hydroxyl groups is 1. The van der Waals surface area contributed by atoms with Gasteiger partial charge < -0.3 is 20.6 Å². The number of rotatable bonds is 8. The van der Waals surface area contributed by atoms with Gasteiger partial charge in [-0.2, -0.15) is 18.3 Å². The lowest BCUT2D eigenvalue weighted by molar-refractivity contribution is -0.141. The minimum Gasteiger partial charge on any atom is -0.386 e. The van der Waals surface area contributed by atoms with E-state index < -0.39 is 23.4 Å². The van der Waals surface area contributed by atoms with Gasteiger partial charge in [-0.25, -0.2) is 4.98 Å². The Morgan fingerprint density at radius 2 is 1.85 bits per heavy atom. The van der Waals surface area contributed by atoms with Crippen molar-refractivity contribution < 1.29 is 23.1 Å². The highest BCUT2D eigenvalue weighted by atomic mass is 19.4. The summed E-state index contributed by atoms with van der Waals surface area (Å²) in [6, 6.07) is 6.89. The molecule has 222 valence electrons. The van der Waals surface area contributed by atoms with Crippen LogP contribution in [0.3, 0.4) is 0 Å². The third-order valence-electron chi connectivity index (χ3n) is 8.32. The summed E-state index contributed by atoms with van der Waals surface area (Å²) in [5.74, 6) is 0.0657. The maximum Gasteiger partial charge on any atom is 0.433 e. The van der Waals surface area contributed by atoms with Crippen LogP contribution in [-0.2, 0) is 11.8 Å². The van der Waals surface area contributed by atoms with Crippen molar-refractivity contribution in [2.45, 2.75) is 70.2 Å². The minimum atomic E-state index is -4.66. The number of aromatic nitrogens is 3. The molecule has 1 aromatic carbocycles. The highest BCUT2D eigenvalue weighted by Gasteiger charge is 2.33. The number of carbonyl (C=O) groups excluding carboxylic acids is 1. The molecular weight excluding hydrogens is 533 g/mol. The minimum absolute atomic E-state index is 0.251. The maximum absolute atomic E-state index is 13.1. The number of carbonyl (C=O) groups is 1. The average molecular weight is 573 g/mol. The Balaban J connectivity index is 1.27. The molecule has 2 aromatic heterocycles. The van der Waals surface area contributed by atoms with Crippen molar-refractivity contribution in [2.75, 3.05) is 38.0 Å². The highest BCUT2D eigenvalue weighted by Crippen LogP contribution is 2.34. The lowest BCUT2D eigenvalue weighted by Gasteiger charge is -2.32. The van der Waals surface area contributed by atoms with Crippen LogP contribution in [0, 0.1) is 5.92 Å². The van der Waals surface area contributed by atoms with E-state index in [1.54, 1.807) is 26.0 Å². The zero-order valence-corrected chi connectivity index (χ0v) is 23.7. The van der Waals surface area contributed by atoms with Gasteiger partial charge in [-0.05, 0) is 102 Å². The molecule has 0 bridgehead atoms. The molecule has 0 saturated carbocycles. The normalized spacial score (nSPS) is 18.2. The van der Waals surface area contributed by atoms with Gasteiger partial charge in [0.25, 0.3) is 5.91 Å². The van der Waals surface area contributed by atoms with Crippen molar-refractivity contribution in [1.29, 1.82) is 0 Å². The topological polar surface area (TPSA) is 95.3 Å². The Hall–Kier alpha value is -3.02. The molecule has 0 spiro atoms. The van der Waals surface area contributed by atoms with E-state index in [9.17, 15) is 23.1 Å². The fourth-order valence-corrected chi connectivity index (χ4v) is 5.97. The predicted molar refractivity (Wildman–Crippen MR) is 152 cm³/mol. The molecule has 0 atom stereocenters. The second-order valence-electron chi connectivity index (χ2n) is 11.9. The van der Waals surface area contributed by atoms with Gasteiger partial charge in [0.05, 0.1) is 17.2 Å². The van der Waals surface area contributed by atoms with Crippen LogP contribution in [-0.4, -0.2) is 63.4 Å². The van der Waals surface area contributed by atoms with E-state index in [0.29, 0.717) is 16.8 Å². The number of fused-ring (bicyclic) bond motifs is 1. The first kappa shape index (κ1) is 29.5. The second-order valence-corrected chi connectivity index (χ2v) is 11.9. The Bertz CT molecular complexity index is 1350. The van der Waals surface area contributed by atoms with E-state index in [1.165, 1.54) is 31.7 Å². The molecule has 0 aliphatic carbocycles. The first-order chi connectivity index (χ1) is 19.5. The van der Waals surface area contributed by atoms with Gasteiger partial charge >= 0.3 is 6.18 Å². The summed E-state index contributed by atoms with van der Waals surface area (Å²) in [5.41, 5.74) is -1.43. The fourth-order valence-electron chi connectivity index (χ4n) is 5.97. The molecular formula is C30H39F3N6O2.